The summed E-state index contributed by atoms with van der Waals surface area (Å²) in [6, 6.07) is 4.81. The highest BCUT2D eigenvalue weighted by Gasteiger charge is 2.15. The zero-order valence-electron chi connectivity index (χ0n) is 9.05. The predicted molar refractivity (Wildman–Crippen MR) is 71.2 cm³/mol. The van der Waals surface area contributed by atoms with Gasteiger partial charge < -0.3 is 0 Å². The predicted octanol–water partition coefficient (Wildman–Crippen LogP) is 1.89. The molecule has 18 heavy (non-hydrogen) atoms. The molecule has 96 valence electrons. The van der Waals surface area contributed by atoms with E-state index < -0.39 is 11.4 Å². The summed E-state index contributed by atoms with van der Waals surface area (Å²) in [7, 11) is 1.47. The van der Waals surface area contributed by atoms with Crippen LogP contribution in [0.25, 0.3) is 5.69 Å². The van der Waals surface area contributed by atoms with Gasteiger partial charge in [-0.25, -0.2) is 4.79 Å². The molecule has 1 aromatic carbocycles. The van der Waals surface area contributed by atoms with Crippen LogP contribution < -0.4 is 5.69 Å². The van der Waals surface area contributed by atoms with Crippen LogP contribution in [0.3, 0.4) is 0 Å². The lowest BCUT2D eigenvalue weighted by atomic mass is 10.3. The minimum atomic E-state index is -2.51. The molecule has 0 bridgehead atoms. The molecule has 5 nitrogen and oxygen atoms in total. The minimum Gasteiger partial charge on any atom is -0.244 e. The van der Waals surface area contributed by atoms with E-state index in [1.54, 1.807) is 18.2 Å². The van der Waals surface area contributed by atoms with Crippen LogP contribution in [-0.4, -0.2) is 25.5 Å². The summed E-state index contributed by atoms with van der Waals surface area (Å²) < 4.78 is 27.5. The van der Waals surface area contributed by atoms with Crippen molar-refractivity contribution >= 4 is 34.4 Å². The first-order valence-corrected chi connectivity index (χ1v) is 6.69. The van der Waals surface area contributed by atoms with E-state index >= 15 is 0 Å². The number of rotatable bonds is 3. The molecule has 0 N–H and O–H groups in total. The fraction of sp³-hybridized carbons (Fsp3) is 0.222. The number of aromatic nitrogens is 4. The van der Waals surface area contributed by atoms with E-state index in [1.165, 1.54) is 7.05 Å². The molecule has 1 heterocycles. The molecule has 2 aromatic rings. The summed E-state index contributed by atoms with van der Waals surface area (Å²) in [5.74, 6) is -2.51. The summed E-state index contributed by atoms with van der Waals surface area (Å²) in [4.78, 5) is 12.1. The number of hydrogen-bond acceptors (Lipinski definition) is 4. The van der Waals surface area contributed by atoms with Crippen LogP contribution >= 0.6 is 34.4 Å². The average Bonchev–Trinajstić information content (AvgIpc) is 2.63. The third kappa shape index (κ3) is 2.55. The first kappa shape index (κ1) is 13.5. The Hall–Kier alpha value is -0.970. The van der Waals surface area contributed by atoms with Gasteiger partial charge in [0, 0.05) is 11.9 Å². The standard InChI is InChI=1S/C9H7F2IN4OS/c1-15-9(17)16(14-13-15)5-3-2-4-6(7(5)12)18-8(10)11/h2-4,8H,1H3. The largest absolute Gasteiger partial charge is 0.368 e. The second-order valence-corrected chi connectivity index (χ2v) is 5.38. The average molecular weight is 384 g/mol. The van der Waals surface area contributed by atoms with Crippen LogP contribution in [0, 0.1) is 3.57 Å². The number of tetrazole rings is 1. The van der Waals surface area contributed by atoms with Crippen molar-refractivity contribution in [1.82, 2.24) is 19.8 Å². The van der Waals surface area contributed by atoms with Gasteiger partial charge in [0.1, 0.15) is 0 Å². The van der Waals surface area contributed by atoms with Crippen molar-refractivity contribution in [3.8, 4) is 5.69 Å². The van der Waals surface area contributed by atoms with Crippen molar-refractivity contribution in [1.29, 1.82) is 0 Å². The topological polar surface area (TPSA) is 52.7 Å². The van der Waals surface area contributed by atoms with Crippen molar-refractivity contribution in [2.75, 3.05) is 0 Å². The second-order valence-electron chi connectivity index (χ2n) is 3.26. The Morgan fingerprint density at radius 1 is 1.39 bits per heavy atom. The van der Waals surface area contributed by atoms with Gasteiger partial charge in [-0.1, -0.05) is 17.8 Å². The molecule has 0 atom stereocenters. The van der Waals surface area contributed by atoms with Crippen molar-refractivity contribution in [3.05, 3.63) is 32.3 Å². The molecular formula is C9H7F2IN4OS. The first-order valence-electron chi connectivity index (χ1n) is 4.73. The highest BCUT2D eigenvalue weighted by molar-refractivity contribution is 14.1. The number of halogens is 3. The number of nitrogens with zero attached hydrogens (tertiary/aromatic N) is 4. The molecule has 0 amide bonds. The third-order valence-corrected chi connectivity index (χ3v) is 4.38. The molecule has 0 radical (unpaired) electrons. The smallest absolute Gasteiger partial charge is 0.244 e. The van der Waals surface area contributed by atoms with Crippen molar-refractivity contribution in [3.63, 3.8) is 0 Å². The molecule has 0 unspecified atom stereocenters. The zero-order chi connectivity index (χ0) is 13.3. The van der Waals surface area contributed by atoms with Gasteiger partial charge in [0.15, 0.2) is 0 Å². The Morgan fingerprint density at radius 2 is 2.11 bits per heavy atom. The van der Waals surface area contributed by atoms with E-state index in [9.17, 15) is 13.6 Å². The van der Waals surface area contributed by atoms with E-state index in [0.717, 1.165) is 9.36 Å². The molecule has 0 saturated carbocycles. The van der Waals surface area contributed by atoms with Gasteiger partial charge in [-0.2, -0.15) is 18.1 Å². The zero-order valence-corrected chi connectivity index (χ0v) is 12.0. The van der Waals surface area contributed by atoms with E-state index in [0.29, 0.717) is 25.9 Å². The molecule has 2 rings (SSSR count). The number of benzene rings is 1. The molecule has 0 saturated heterocycles. The first-order chi connectivity index (χ1) is 8.50. The molecule has 1 aromatic heterocycles. The number of hydrogen-bond donors (Lipinski definition) is 0. The van der Waals surface area contributed by atoms with Crippen LogP contribution in [0.15, 0.2) is 27.9 Å². The van der Waals surface area contributed by atoms with Gasteiger partial charge in [0.2, 0.25) is 0 Å². The van der Waals surface area contributed by atoms with Gasteiger partial charge in [0.05, 0.1) is 9.26 Å². The summed E-state index contributed by atoms with van der Waals surface area (Å²) in [6.07, 6.45) is 0. The van der Waals surface area contributed by atoms with E-state index in [4.69, 9.17) is 0 Å². The third-order valence-electron chi connectivity index (χ3n) is 2.11. The van der Waals surface area contributed by atoms with Gasteiger partial charge in [-0.15, -0.1) is 0 Å². The Kier molecular flexibility index (Phi) is 4.00. The lowest BCUT2D eigenvalue weighted by Gasteiger charge is -2.07. The Morgan fingerprint density at radius 3 is 2.67 bits per heavy atom. The van der Waals surface area contributed by atoms with Crippen LogP contribution in [0.2, 0.25) is 0 Å². The summed E-state index contributed by atoms with van der Waals surface area (Å²) >= 11 is 2.35. The summed E-state index contributed by atoms with van der Waals surface area (Å²) in [5.41, 5.74) is 0.0199. The highest BCUT2D eigenvalue weighted by atomic mass is 127. The quantitative estimate of drug-likeness (QED) is 0.599. The van der Waals surface area contributed by atoms with Gasteiger partial charge in [-0.3, -0.25) is 0 Å². The van der Waals surface area contributed by atoms with Crippen LogP contribution in [0.5, 0.6) is 0 Å². The maximum absolute atomic E-state index is 12.4. The summed E-state index contributed by atoms with van der Waals surface area (Å²) in [6.45, 7) is 0. The van der Waals surface area contributed by atoms with Gasteiger partial charge >= 0.3 is 5.69 Å². The maximum Gasteiger partial charge on any atom is 0.368 e. The Balaban J connectivity index is 2.52. The number of aryl methyl sites for hydroxylation is 1. The maximum atomic E-state index is 12.4. The van der Waals surface area contributed by atoms with E-state index in [1.807, 2.05) is 22.6 Å². The highest BCUT2D eigenvalue weighted by Crippen LogP contribution is 2.32. The van der Waals surface area contributed by atoms with Crippen LogP contribution in [-0.2, 0) is 7.05 Å². The van der Waals surface area contributed by atoms with E-state index in [-0.39, 0.29) is 0 Å². The Bertz CT molecular complexity index is 627. The van der Waals surface area contributed by atoms with Crippen LogP contribution in [0.4, 0.5) is 8.78 Å². The van der Waals surface area contributed by atoms with Crippen molar-refractivity contribution in [2.24, 2.45) is 7.05 Å². The molecule has 9 heteroatoms. The summed E-state index contributed by atoms with van der Waals surface area (Å²) in [5, 5.41) is 7.27. The lowest BCUT2D eigenvalue weighted by Crippen LogP contribution is -2.22. The molecular weight excluding hydrogens is 377 g/mol. The minimum absolute atomic E-state index is 0.403. The monoisotopic (exact) mass is 384 g/mol. The molecule has 0 aliphatic carbocycles. The fourth-order valence-corrected chi connectivity index (χ4v) is 2.84. The molecule has 0 fully saturated rings. The van der Waals surface area contributed by atoms with Crippen LogP contribution in [0.1, 0.15) is 0 Å². The lowest BCUT2D eigenvalue weighted by molar-refractivity contribution is 0.252. The van der Waals surface area contributed by atoms with Gasteiger partial charge in [-0.05, 0) is 45.2 Å². The normalized spacial score (nSPS) is 11.2. The number of alkyl halides is 2. The SMILES string of the molecule is Cn1nnn(-c2cccc(SC(F)F)c2I)c1=O. The second kappa shape index (κ2) is 5.34. The molecule has 0 aliphatic rings. The van der Waals surface area contributed by atoms with Crippen molar-refractivity contribution in [2.45, 2.75) is 10.7 Å². The fourth-order valence-electron chi connectivity index (χ4n) is 1.31. The molecule has 0 spiro atoms. The van der Waals surface area contributed by atoms with Gasteiger partial charge in [0.25, 0.3) is 5.76 Å². The van der Waals surface area contributed by atoms with E-state index in [2.05, 4.69) is 10.4 Å². The molecule has 0 aliphatic heterocycles. The Labute approximate surface area is 118 Å². The van der Waals surface area contributed by atoms with Crippen molar-refractivity contribution < 1.29 is 8.78 Å². The number of thioether (sulfide) groups is 1.